The first kappa shape index (κ1) is 63.1. The predicted octanol–water partition coefficient (Wildman–Crippen LogP) is 19.3. The Morgan fingerprint density at radius 3 is 0.815 bits per heavy atom. The number of hydrogen-bond donors (Lipinski definition) is 0. The van der Waals surface area contributed by atoms with Gasteiger partial charge >= 0.3 is 17.9 Å². The van der Waals surface area contributed by atoms with Crippen molar-refractivity contribution in [2.45, 2.75) is 335 Å². The third-order valence-corrected chi connectivity index (χ3v) is 13.3. The van der Waals surface area contributed by atoms with Gasteiger partial charge in [-0.05, 0) is 38.5 Å². The lowest BCUT2D eigenvalue weighted by Gasteiger charge is -2.18. The van der Waals surface area contributed by atoms with Gasteiger partial charge in [0.2, 0.25) is 0 Å². The van der Waals surface area contributed by atoms with Crippen LogP contribution in [0.25, 0.3) is 0 Å². The highest BCUT2D eigenvalue weighted by Crippen LogP contribution is 2.17. The van der Waals surface area contributed by atoms with Crippen LogP contribution in [0, 0.1) is 0 Å². The quantitative estimate of drug-likeness (QED) is 0.0262. The van der Waals surface area contributed by atoms with Crippen LogP contribution in [0.1, 0.15) is 329 Å². The molecule has 0 heterocycles. The monoisotopic (exact) mass is 917 g/mol. The molecule has 6 heteroatoms. The number of hydrogen-bond acceptors (Lipinski definition) is 6. The number of allylic oxidation sites excluding steroid dienone is 2. The third-order valence-electron chi connectivity index (χ3n) is 13.3. The van der Waals surface area contributed by atoms with Crippen molar-refractivity contribution in [1.29, 1.82) is 0 Å². The molecule has 0 aromatic rings. The summed E-state index contributed by atoms with van der Waals surface area (Å²) >= 11 is 0. The average molecular weight is 918 g/mol. The fourth-order valence-corrected chi connectivity index (χ4v) is 8.84. The SMILES string of the molecule is CCCC/C=C\CCCCCCCC(=O)OC[C@H](COC(=O)CCCCCCCCCCCCCCCCCCC)OC(=O)CCCCCCCCCCCCCCCCCCCCC. The molecule has 0 unspecified atom stereocenters. The predicted molar refractivity (Wildman–Crippen MR) is 280 cm³/mol. The Hall–Kier alpha value is -1.85. The summed E-state index contributed by atoms with van der Waals surface area (Å²) in [6.07, 6.45) is 62.1. The lowest BCUT2D eigenvalue weighted by Crippen LogP contribution is -2.30. The van der Waals surface area contributed by atoms with Gasteiger partial charge in [0.05, 0.1) is 0 Å². The van der Waals surface area contributed by atoms with Crippen LogP contribution in [0.4, 0.5) is 0 Å². The second-order valence-corrected chi connectivity index (χ2v) is 19.9. The van der Waals surface area contributed by atoms with Gasteiger partial charge in [0.25, 0.3) is 0 Å². The van der Waals surface area contributed by atoms with Gasteiger partial charge in [-0.15, -0.1) is 0 Å². The highest BCUT2D eigenvalue weighted by Gasteiger charge is 2.19. The van der Waals surface area contributed by atoms with Crippen molar-refractivity contribution in [2.24, 2.45) is 0 Å². The molecule has 0 fully saturated rings. The van der Waals surface area contributed by atoms with E-state index in [9.17, 15) is 14.4 Å². The van der Waals surface area contributed by atoms with Crippen LogP contribution < -0.4 is 0 Å². The molecular weight excluding hydrogens is 805 g/mol. The van der Waals surface area contributed by atoms with Gasteiger partial charge in [-0.25, -0.2) is 0 Å². The zero-order valence-electron chi connectivity index (χ0n) is 44.0. The minimum atomic E-state index is -0.767. The fourth-order valence-electron chi connectivity index (χ4n) is 8.84. The molecule has 0 aliphatic carbocycles. The summed E-state index contributed by atoms with van der Waals surface area (Å²) in [4.78, 5) is 38.1. The Kier molecular flexibility index (Phi) is 53.2. The maximum absolute atomic E-state index is 12.8. The summed E-state index contributed by atoms with van der Waals surface area (Å²) in [5.74, 6) is -0.852. The van der Waals surface area contributed by atoms with Crippen LogP contribution in [0.2, 0.25) is 0 Å². The minimum Gasteiger partial charge on any atom is -0.462 e. The first-order chi connectivity index (χ1) is 32.0. The Morgan fingerprint density at radius 1 is 0.292 bits per heavy atom. The average Bonchev–Trinajstić information content (AvgIpc) is 3.30. The summed E-state index contributed by atoms with van der Waals surface area (Å²) in [5.41, 5.74) is 0. The van der Waals surface area contributed by atoms with Crippen molar-refractivity contribution in [1.82, 2.24) is 0 Å². The van der Waals surface area contributed by atoms with Gasteiger partial charge in [-0.3, -0.25) is 14.4 Å². The topological polar surface area (TPSA) is 78.9 Å². The Balaban J connectivity index is 4.26. The van der Waals surface area contributed by atoms with Crippen molar-refractivity contribution in [2.75, 3.05) is 13.2 Å². The number of esters is 3. The molecule has 0 bridgehead atoms. The highest BCUT2D eigenvalue weighted by molar-refractivity contribution is 5.71. The highest BCUT2D eigenvalue weighted by atomic mass is 16.6. The Bertz CT molecular complexity index is 1010. The second kappa shape index (κ2) is 54.8. The molecule has 0 rings (SSSR count). The molecule has 1 atom stereocenters. The normalized spacial score (nSPS) is 12.0. The van der Waals surface area contributed by atoms with Crippen molar-refractivity contribution in [3.63, 3.8) is 0 Å². The standard InChI is InChI=1S/C59H112O6/c1-4-7-10-13-16-19-22-24-26-28-29-31-33-35-38-41-44-47-50-53-59(62)65-56(54-63-57(60)51-48-45-42-39-36-21-18-15-12-9-6-3)55-64-58(61)52-49-46-43-40-37-34-32-30-27-25-23-20-17-14-11-8-5-2/h15,18,56H,4-14,16-17,19-55H2,1-3H3/b18-15-/t56-/m1/s1. The number of carbonyl (C=O) groups excluding carboxylic acids is 3. The van der Waals surface area contributed by atoms with E-state index in [1.807, 2.05) is 0 Å². The summed E-state index contributed by atoms with van der Waals surface area (Å²) in [6, 6.07) is 0. The van der Waals surface area contributed by atoms with E-state index in [1.54, 1.807) is 0 Å². The van der Waals surface area contributed by atoms with Gasteiger partial charge in [-0.1, -0.05) is 283 Å². The fraction of sp³-hybridized carbons (Fsp3) is 0.915. The first-order valence-corrected chi connectivity index (χ1v) is 29.2. The van der Waals surface area contributed by atoms with Gasteiger partial charge in [-0.2, -0.15) is 0 Å². The molecule has 0 spiro atoms. The first-order valence-electron chi connectivity index (χ1n) is 29.2. The molecule has 0 N–H and O–H groups in total. The lowest BCUT2D eigenvalue weighted by molar-refractivity contribution is -0.167. The van der Waals surface area contributed by atoms with Gasteiger partial charge in [0.1, 0.15) is 13.2 Å². The zero-order chi connectivity index (χ0) is 47.2. The minimum absolute atomic E-state index is 0.0666. The Labute approximate surface area is 405 Å². The van der Waals surface area contributed by atoms with Crippen molar-refractivity contribution in [3.05, 3.63) is 12.2 Å². The molecular formula is C59H112O6. The van der Waals surface area contributed by atoms with Gasteiger partial charge in [0, 0.05) is 19.3 Å². The largest absolute Gasteiger partial charge is 0.462 e. The molecule has 6 nitrogen and oxygen atoms in total. The van der Waals surface area contributed by atoms with E-state index < -0.39 is 6.10 Å². The van der Waals surface area contributed by atoms with E-state index in [0.717, 1.165) is 64.2 Å². The van der Waals surface area contributed by atoms with E-state index in [1.165, 1.54) is 225 Å². The summed E-state index contributed by atoms with van der Waals surface area (Å²) in [6.45, 7) is 6.66. The van der Waals surface area contributed by atoms with Crippen molar-refractivity contribution in [3.8, 4) is 0 Å². The Morgan fingerprint density at radius 2 is 0.523 bits per heavy atom. The summed E-state index contributed by atoms with van der Waals surface area (Å²) < 4.78 is 16.9. The second-order valence-electron chi connectivity index (χ2n) is 19.9. The lowest BCUT2D eigenvalue weighted by atomic mass is 10.0. The maximum atomic E-state index is 12.8. The molecule has 0 aliphatic rings. The molecule has 0 amide bonds. The molecule has 0 radical (unpaired) electrons. The molecule has 0 aliphatic heterocycles. The number of carbonyl (C=O) groups is 3. The van der Waals surface area contributed by atoms with Crippen LogP contribution in [-0.4, -0.2) is 37.2 Å². The van der Waals surface area contributed by atoms with Crippen molar-refractivity contribution < 1.29 is 28.6 Å². The van der Waals surface area contributed by atoms with E-state index in [0.29, 0.717) is 19.3 Å². The van der Waals surface area contributed by atoms with Gasteiger partial charge < -0.3 is 14.2 Å². The molecule has 0 saturated heterocycles. The van der Waals surface area contributed by atoms with E-state index in [2.05, 4.69) is 32.9 Å². The molecule has 65 heavy (non-hydrogen) atoms. The number of ether oxygens (including phenoxy) is 3. The molecule has 384 valence electrons. The summed E-state index contributed by atoms with van der Waals surface area (Å²) in [7, 11) is 0. The molecule has 0 aromatic carbocycles. The van der Waals surface area contributed by atoms with Crippen LogP contribution in [0.3, 0.4) is 0 Å². The van der Waals surface area contributed by atoms with Crippen LogP contribution in [0.5, 0.6) is 0 Å². The van der Waals surface area contributed by atoms with Crippen LogP contribution in [-0.2, 0) is 28.6 Å². The smallest absolute Gasteiger partial charge is 0.306 e. The van der Waals surface area contributed by atoms with E-state index in [-0.39, 0.29) is 31.1 Å². The molecule has 0 saturated carbocycles. The van der Waals surface area contributed by atoms with Crippen LogP contribution >= 0.6 is 0 Å². The summed E-state index contributed by atoms with van der Waals surface area (Å²) in [5, 5.41) is 0. The number of rotatable bonds is 54. The van der Waals surface area contributed by atoms with Gasteiger partial charge in [0.15, 0.2) is 6.10 Å². The number of unbranched alkanes of at least 4 members (excludes halogenated alkanes) is 41. The third kappa shape index (κ3) is 53.0. The van der Waals surface area contributed by atoms with Crippen molar-refractivity contribution >= 4 is 17.9 Å². The van der Waals surface area contributed by atoms with E-state index >= 15 is 0 Å². The molecule has 0 aromatic heterocycles. The van der Waals surface area contributed by atoms with Crippen LogP contribution in [0.15, 0.2) is 12.2 Å². The van der Waals surface area contributed by atoms with E-state index in [4.69, 9.17) is 14.2 Å². The maximum Gasteiger partial charge on any atom is 0.306 e. The zero-order valence-corrected chi connectivity index (χ0v) is 44.0.